The van der Waals surface area contributed by atoms with Crippen LogP contribution in [-0.4, -0.2) is 22.5 Å². The van der Waals surface area contributed by atoms with Crippen LogP contribution >= 0.6 is 0 Å². The lowest BCUT2D eigenvalue weighted by Crippen LogP contribution is -2.34. The topological polar surface area (TPSA) is 84.0 Å². The molecule has 1 heterocycles. The molecule has 0 radical (unpaired) electrons. The van der Waals surface area contributed by atoms with Crippen molar-refractivity contribution in [2.45, 2.75) is 0 Å². The summed E-state index contributed by atoms with van der Waals surface area (Å²) in [7, 11) is 2.86. The highest BCUT2D eigenvalue weighted by Crippen LogP contribution is 1.84. The Balaban J connectivity index is 3.41. The van der Waals surface area contributed by atoms with Crippen molar-refractivity contribution in [3.8, 4) is 0 Å². The second kappa shape index (κ2) is 3.26. The van der Waals surface area contributed by atoms with Crippen LogP contribution in [0.5, 0.6) is 0 Å². The first-order chi connectivity index (χ1) is 6.06. The molecule has 70 valence electrons. The fourth-order valence-corrected chi connectivity index (χ4v) is 0.860. The number of rotatable bonds is 1. The molecule has 0 bridgehead atoms. The van der Waals surface area contributed by atoms with Gasteiger partial charge in [-0.2, -0.15) is 0 Å². The van der Waals surface area contributed by atoms with Gasteiger partial charge in [0.2, 0.25) is 0 Å². The molecule has 0 aliphatic heterocycles. The van der Waals surface area contributed by atoms with Crippen LogP contribution in [0.4, 0.5) is 0 Å². The number of hydrogen-bond acceptors (Lipinski definition) is 3. The van der Waals surface area contributed by atoms with Crippen LogP contribution in [0.2, 0.25) is 0 Å². The molecule has 0 aliphatic rings. The van der Waals surface area contributed by atoms with Crippen molar-refractivity contribution in [2.24, 2.45) is 7.05 Å². The van der Waals surface area contributed by atoms with E-state index in [9.17, 15) is 14.4 Å². The molecule has 2 N–H and O–H groups in total. The van der Waals surface area contributed by atoms with Gasteiger partial charge in [-0.25, -0.2) is 4.79 Å². The largest absolute Gasteiger partial charge is 0.355 e. The van der Waals surface area contributed by atoms with Crippen LogP contribution in [0.15, 0.2) is 15.8 Å². The first-order valence-corrected chi connectivity index (χ1v) is 3.58. The molecule has 0 fully saturated rings. The molecule has 1 amide bonds. The Labute approximate surface area is 73.2 Å². The number of hydrogen-bond donors (Lipinski definition) is 2. The number of nitrogens with zero attached hydrogens (tertiary/aromatic N) is 1. The molecule has 0 aliphatic carbocycles. The van der Waals surface area contributed by atoms with E-state index in [1.165, 1.54) is 20.3 Å². The second-order valence-corrected chi connectivity index (χ2v) is 2.49. The molecule has 0 saturated carbocycles. The lowest BCUT2D eigenvalue weighted by molar-refractivity contribution is 0.0960. The summed E-state index contributed by atoms with van der Waals surface area (Å²) in [6.07, 6.45) is 1.19. The highest BCUT2D eigenvalue weighted by atomic mass is 16.2. The Hall–Kier alpha value is -1.85. The molecular formula is C7H9N3O3. The van der Waals surface area contributed by atoms with Gasteiger partial charge in [0.05, 0.1) is 0 Å². The fourth-order valence-electron chi connectivity index (χ4n) is 0.860. The van der Waals surface area contributed by atoms with Crippen molar-refractivity contribution in [3.05, 3.63) is 32.6 Å². The smallest absolute Gasteiger partial charge is 0.328 e. The number of nitrogens with one attached hydrogen (secondary N) is 2. The van der Waals surface area contributed by atoms with Crippen LogP contribution in [0, 0.1) is 0 Å². The van der Waals surface area contributed by atoms with Gasteiger partial charge in [-0.05, 0) is 0 Å². The average molecular weight is 183 g/mol. The van der Waals surface area contributed by atoms with Gasteiger partial charge in [0.25, 0.3) is 11.5 Å². The Bertz CT molecular complexity index is 443. The Morgan fingerprint density at radius 2 is 2.15 bits per heavy atom. The van der Waals surface area contributed by atoms with Crippen LogP contribution in [0.3, 0.4) is 0 Å². The molecule has 0 atom stereocenters. The molecule has 6 heteroatoms. The summed E-state index contributed by atoms with van der Waals surface area (Å²) in [4.78, 5) is 35.0. The summed E-state index contributed by atoms with van der Waals surface area (Å²) in [5.41, 5.74) is -1.30. The van der Waals surface area contributed by atoms with Crippen LogP contribution in [0.1, 0.15) is 10.4 Å². The second-order valence-electron chi connectivity index (χ2n) is 2.49. The molecule has 0 saturated heterocycles. The van der Waals surface area contributed by atoms with E-state index in [2.05, 4.69) is 5.32 Å². The van der Waals surface area contributed by atoms with Crippen molar-refractivity contribution in [2.75, 3.05) is 7.05 Å². The molecule has 0 unspecified atom stereocenters. The van der Waals surface area contributed by atoms with E-state index in [-0.39, 0.29) is 5.56 Å². The van der Waals surface area contributed by atoms with E-state index in [0.717, 1.165) is 4.57 Å². The normalized spacial score (nSPS) is 9.69. The minimum Gasteiger partial charge on any atom is -0.355 e. The van der Waals surface area contributed by atoms with Crippen molar-refractivity contribution >= 4 is 5.91 Å². The zero-order chi connectivity index (χ0) is 10.0. The lowest BCUT2D eigenvalue weighted by Gasteiger charge is -2.00. The predicted molar refractivity (Wildman–Crippen MR) is 45.7 cm³/mol. The molecule has 1 aromatic heterocycles. The van der Waals surface area contributed by atoms with Gasteiger partial charge in [-0.3, -0.25) is 14.6 Å². The number of aromatic amines is 1. The summed E-state index contributed by atoms with van der Waals surface area (Å²) < 4.78 is 1.13. The molecule has 1 aromatic rings. The first-order valence-electron chi connectivity index (χ1n) is 3.58. The highest BCUT2D eigenvalue weighted by molar-refractivity contribution is 5.93. The Morgan fingerprint density at radius 1 is 1.54 bits per heavy atom. The highest BCUT2D eigenvalue weighted by Gasteiger charge is 2.09. The van der Waals surface area contributed by atoms with E-state index in [4.69, 9.17) is 0 Å². The van der Waals surface area contributed by atoms with E-state index in [0.29, 0.717) is 0 Å². The van der Waals surface area contributed by atoms with Crippen molar-refractivity contribution in [1.29, 1.82) is 0 Å². The maximum atomic E-state index is 11.1. The number of carbonyl (C=O) groups is 1. The number of aromatic nitrogens is 2. The van der Waals surface area contributed by atoms with Gasteiger partial charge in [-0.15, -0.1) is 0 Å². The summed E-state index contributed by atoms with van der Waals surface area (Å²) in [6, 6.07) is 0. The third-order valence-electron chi connectivity index (χ3n) is 1.58. The van der Waals surface area contributed by atoms with Gasteiger partial charge < -0.3 is 9.88 Å². The fraction of sp³-hybridized carbons (Fsp3) is 0.286. The number of amides is 1. The van der Waals surface area contributed by atoms with E-state index >= 15 is 0 Å². The third kappa shape index (κ3) is 1.66. The van der Waals surface area contributed by atoms with Crippen LogP contribution in [0.25, 0.3) is 0 Å². The summed E-state index contributed by atoms with van der Waals surface area (Å²) in [5.74, 6) is -0.517. The van der Waals surface area contributed by atoms with Gasteiger partial charge >= 0.3 is 5.69 Å². The van der Waals surface area contributed by atoms with E-state index in [1.807, 2.05) is 4.98 Å². The standard InChI is InChI=1S/C7H9N3O3/c1-8-5(11)4-3-10(2)7(13)9-6(4)12/h3H,1-2H3,(H,8,11)(H,9,12,13). The zero-order valence-electron chi connectivity index (χ0n) is 7.25. The van der Waals surface area contributed by atoms with E-state index < -0.39 is 17.2 Å². The van der Waals surface area contributed by atoms with Crippen molar-refractivity contribution in [3.63, 3.8) is 0 Å². The maximum Gasteiger partial charge on any atom is 0.328 e. The number of aryl methyl sites for hydroxylation is 1. The molecule has 13 heavy (non-hydrogen) atoms. The minimum absolute atomic E-state index is 0.0791. The predicted octanol–water partition coefficient (Wildman–Crippen LogP) is -1.57. The molecule has 1 rings (SSSR count). The van der Waals surface area contributed by atoms with Gasteiger partial charge in [0, 0.05) is 20.3 Å². The lowest BCUT2D eigenvalue weighted by atomic mass is 10.3. The number of H-pyrrole nitrogens is 1. The SMILES string of the molecule is CNC(=O)c1cn(C)c(=O)[nH]c1=O. The minimum atomic E-state index is -0.678. The monoisotopic (exact) mass is 183 g/mol. The van der Waals surface area contributed by atoms with Gasteiger partial charge in [0.1, 0.15) is 5.56 Å². The Kier molecular flexibility index (Phi) is 2.32. The first kappa shape index (κ1) is 9.24. The van der Waals surface area contributed by atoms with Crippen molar-refractivity contribution in [1.82, 2.24) is 14.9 Å². The molecule has 0 aromatic carbocycles. The Morgan fingerprint density at radius 3 is 2.69 bits per heavy atom. The van der Waals surface area contributed by atoms with Crippen LogP contribution < -0.4 is 16.6 Å². The maximum absolute atomic E-state index is 11.1. The zero-order valence-corrected chi connectivity index (χ0v) is 7.25. The molecule has 6 nitrogen and oxygen atoms in total. The van der Waals surface area contributed by atoms with Crippen LogP contribution in [-0.2, 0) is 7.05 Å². The van der Waals surface area contributed by atoms with E-state index in [1.54, 1.807) is 0 Å². The summed E-state index contributed by atoms with van der Waals surface area (Å²) in [6.45, 7) is 0. The third-order valence-corrected chi connectivity index (χ3v) is 1.58. The van der Waals surface area contributed by atoms with Gasteiger partial charge in [0.15, 0.2) is 0 Å². The molecule has 0 spiro atoms. The number of carbonyl (C=O) groups excluding carboxylic acids is 1. The average Bonchev–Trinajstić information content (AvgIpc) is 2.10. The molecular weight excluding hydrogens is 174 g/mol. The summed E-state index contributed by atoms with van der Waals surface area (Å²) >= 11 is 0. The van der Waals surface area contributed by atoms with Crippen molar-refractivity contribution < 1.29 is 4.79 Å². The quantitative estimate of drug-likeness (QED) is 0.552. The summed E-state index contributed by atoms with van der Waals surface area (Å²) in [5, 5.41) is 2.29. The van der Waals surface area contributed by atoms with Gasteiger partial charge in [-0.1, -0.05) is 0 Å².